The van der Waals surface area contributed by atoms with Gasteiger partial charge in [-0.1, -0.05) is 30.3 Å². The number of nitrogens with zero attached hydrogens (tertiary/aromatic N) is 1. The van der Waals surface area contributed by atoms with Crippen LogP contribution in [0.3, 0.4) is 0 Å². The quantitative estimate of drug-likeness (QED) is 0.869. The second-order valence-corrected chi connectivity index (χ2v) is 6.49. The van der Waals surface area contributed by atoms with Crippen LogP contribution in [0.25, 0.3) is 0 Å². The van der Waals surface area contributed by atoms with Crippen LogP contribution in [0.5, 0.6) is 0 Å². The molecule has 0 saturated carbocycles. The normalized spacial score (nSPS) is 27.1. The summed E-state index contributed by atoms with van der Waals surface area (Å²) in [5, 5.41) is 10.1. The molecule has 1 heterocycles. The number of aliphatic hydroxyl groups is 1. The summed E-state index contributed by atoms with van der Waals surface area (Å²) in [4.78, 5) is 14.4. The van der Waals surface area contributed by atoms with Crippen LogP contribution >= 0.6 is 0 Å². The number of ether oxygens (including phenoxy) is 1. The largest absolute Gasteiger partial charge is 0.459 e. The van der Waals surface area contributed by atoms with Crippen molar-refractivity contribution in [2.24, 2.45) is 0 Å². The van der Waals surface area contributed by atoms with Crippen LogP contribution < -0.4 is 0 Å². The Morgan fingerprint density at radius 2 is 2.00 bits per heavy atom. The molecule has 1 aliphatic heterocycles. The molecule has 1 aromatic carbocycles. The molecule has 0 radical (unpaired) electrons. The Labute approximate surface area is 126 Å². The van der Waals surface area contributed by atoms with Crippen LogP contribution in [-0.4, -0.2) is 40.7 Å². The van der Waals surface area contributed by atoms with Gasteiger partial charge in [-0.2, -0.15) is 0 Å². The zero-order valence-electron chi connectivity index (χ0n) is 13.2. The maximum atomic E-state index is 12.1. The Kier molecular flexibility index (Phi) is 4.69. The lowest BCUT2D eigenvalue weighted by Gasteiger charge is -2.47. The van der Waals surface area contributed by atoms with E-state index < -0.39 is 12.1 Å². The van der Waals surface area contributed by atoms with Crippen LogP contribution in [0.1, 0.15) is 45.3 Å². The Hall–Kier alpha value is -1.39. The van der Waals surface area contributed by atoms with E-state index in [1.54, 1.807) is 24.3 Å². The fourth-order valence-corrected chi connectivity index (χ4v) is 2.86. The molecule has 3 atom stereocenters. The summed E-state index contributed by atoms with van der Waals surface area (Å²) in [6.07, 6.45) is 0.409. The molecule has 1 aliphatic rings. The van der Waals surface area contributed by atoms with Crippen LogP contribution in [-0.2, 0) is 9.53 Å². The van der Waals surface area contributed by atoms with E-state index in [9.17, 15) is 9.90 Å². The predicted molar refractivity (Wildman–Crippen MR) is 81.8 cm³/mol. The highest BCUT2D eigenvalue weighted by atomic mass is 16.6. The summed E-state index contributed by atoms with van der Waals surface area (Å²) in [5.41, 5.74) is 0.681. The monoisotopic (exact) mass is 291 g/mol. The third-order valence-electron chi connectivity index (χ3n) is 4.75. The number of carbonyl (C=O) groups is 1. The fraction of sp³-hybridized carbons (Fsp3) is 0.588. The number of likely N-dealkylation sites (tertiary alicyclic amines) is 1. The summed E-state index contributed by atoms with van der Waals surface area (Å²) >= 11 is 0. The van der Waals surface area contributed by atoms with Gasteiger partial charge in [0, 0.05) is 11.6 Å². The summed E-state index contributed by atoms with van der Waals surface area (Å²) in [7, 11) is 2.05. The third kappa shape index (κ3) is 3.44. The van der Waals surface area contributed by atoms with Crippen molar-refractivity contribution in [2.75, 3.05) is 7.05 Å². The van der Waals surface area contributed by atoms with Crippen molar-refractivity contribution in [3.8, 4) is 0 Å². The van der Waals surface area contributed by atoms with E-state index in [0.29, 0.717) is 5.56 Å². The van der Waals surface area contributed by atoms with Crippen LogP contribution in [0.2, 0.25) is 0 Å². The SMILES string of the molecule is C[C@H]1[C@@H](OC(=O)[C@H](O)c2ccccc2)CCC(C)(C)N1C. The molecule has 4 nitrogen and oxygen atoms in total. The predicted octanol–water partition coefficient (Wildman–Crippen LogP) is 2.52. The Morgan fingerprint density at radius 3 is 2.62 bits per heavy atom. The lowest BCUT2D eigenvalue weighted by atomic mass is 9.85. The summed E-state index contributed by atoms with van der Waals surface area (Å²) < 4.78 is 5.55. The fourth-order valence-electron chi connectivity index (χ4n) is 2.86. The van der Waals surface area contributed by atoms with Crippen LogP contribution in [0.15, 0.2) is 30.3 Å². The third-order valence-corrected chi connectivity index (χ3v) is 4.75. The minimum Gasteiger partial charge on any atom is -0.459 e. The molecular formula is C17H25NO3. The average Bonchev–Trinajstić information content (AvgIpc) is 2.48. The molecule has 21 heavy (non-hydrogen) atoms. The highest BCUT2D eigenvalue weighted by molar-refractivity contribution is 5.76. The summed E-state index contributed by atoms with van der Waals surface area (Å²) in [5.74, 6) is -0.564. The molecule has 1 aromatic rings. The number of benzene rings is 1. The lowest BCUT2D eigenvalue weighted by Crippen LogP contribution is -2.56. The molecule has 1 fully saturated rings. The zero-order chi connectivity index (χ0) is 15.6. The first-order chi connectivity index (χ1) is 9.83. The highest BCUT2D eigenvalue weighted by Gasteiger charge is 2.39. The molecule has 4 heteroatoms. The van der Waals surface area contributed by atoms with Crippen molar-refractivity contribution in [3.63, 3.8) is 0 Å². The first-order valence-electron chi connectivity index (χ1n) is 7.49. The van der Waals surface area contributed by atoms with E-state index in [4.69, 9.17) is 4.74 Å². The Bertz CT molecular complexity index is 486. The molecule has 0 aliphatic carbocycles. The van der Waals surface area contributed by atoms with Gasteiger partial charge in [-0.15, -0.1) is 0 Å². The van der Waals surface area contributed by atoms with Crippen molar-refractivity contribution in [1.82, 2.24) is 4.90 Å². The maximum absolute atomic E-state index is 12.1. The standard InChI is InChI=1S/C17H25NO3/c1-12-14(10-11-17(2,3)18(12)4)21-16(20)15(19)13-8-6-5-7-9-13/h5-9,12,14-15,19H,10-11H2,1-4H3/t12-,14-,15+/m0/s1. The number of aliphatic hydroxyl groups excluding tert-OH is 1. The van der Waals surface area contributed by atoms with E-state index in [-0.39, 0.29) is 17.7 Å². The van der Waals surface area contributed by atoms with Gasteiger partial charge in [-0.3, -0.25) is 4.90 Å². The molecule has 116 valence electrons. The van der Waals surface area contributed by atoms with E-state index in [1.807, 2.05) is 6.07 Å². The van der Waals surface area contributed by atoms with Crippen molar-refractivity contribution in [1.29, 1.82) is 0 Å². The lowest BCUT2D eigenvalue weighted by molar-refractivity contribution is -0.168. The number of piperidine rings is 1. The molecule has 1 N–H and O–H groups in total. The molecular weight excluding hydrogens is 266 g/mol. The van der Waals surface area contributed by atoms with Gasteiger partial charge in [0.15, 0.2) is 6.10 Å². The molecule has 0 unspecified atom stereocenters. The first kappa shape index (κ1) is 16.0. The molecule has 0 aromatic heterocycles. The minimum atomic E-state index is -1.21. The molecule has 0 spiro atoms. The van der Waals surface area contributed by atoms with Crippen molar-refractivity contribution >= 4 is 5.97 Å². The van der Waals surface area contributed by atoms with Gasteiger partial charge >= 0.3 is 5.97 Å². The molecule has 0 amide bonds. The zero-order valence-corrected chi connectivity index (χ0v) is 13.2. The van der Waals surface area contributed by atoms with Gasteiger partial charge in [0.25, 0.3) is 0 Å². The summed E-state index contributed by atoms with van der Waals surface area (Å²) in [6.45, 7) is 6.45. The van der Waals surface area contributed by atoms with Gasteiger partial charge in [0.1, 0.15) is 6.10 Å². The summed E-state index contributed by atoms with van der Waals surface area (Å²) in [6, 6.07) is 9.04. The molecule has 1 saturated heterocycles. The van der Waals surface area contributed by atoms with Crippen LogP contribution in [0, 0.1) is 0 Å². The van der Waals surface area contributed by atoms with E-state index in [1.165, 1.54) is 0 Å². The van der Waals surface area contributed by atoms with E-state index >= 15 is 0 Å². The Balaban J connectivity index is 2.00. The van der Waals surface area contributed by atoms with Gasteiger partial charge in [0.05, 0.1) is 0 Å². The number of hydrogen-bond acceptors (Lipinski definition) is 4. The second-order valence-electron chi connectivity index (χ2n) is 6.49. The number of rotatable bonds is 3. The topological polar surface area (TPSA) is 49.8 Å². The van der Waals surface area contributed by atoms with Gasteiger partial charge in [-0.05, 0) is 46.2 Å². The molecule has 2 rings (SSSR count). The smallest absolute Gasteiger partial charge is 0.339 e. The van der Waals surface area contributed by atoms with E-state index in [2.05, 4.69) is 32.7 Å². The minimum absolute atomic E-state index is 0.111. The number of hydrogen-bond donors (Lipinski definition) is 1. The second kappa shape index (κ2) is 6.16. The van der Waals surface area contributed by atoms with Crippen molar-refractivity contribution in [3.05, 3.63) is 35.9 Å². The first-order valence-corrected chi connectivity index (χ1v) is 7.49. The Morgan fingerprint density at radius 1 is 1.38 bits per heavy atom. The number of carbonyl (C=O) groups excluding carboxylic acids is 1. The molecule has 0 bridgehead atoms. The average molecular weight is 291 g/mol. The highest BCUT2D eigenvalue weighted by Crippen LogP contribution is 2.32. The van der Waals surface area contributed by atoms with Crippen LogP contribution in [0.4, 0.5) is 0 Å². The van der Waals surface area contributed by atoms with E-state index in [0.717, 1.165) is 12.8 Å². The van der Waals surface area contributed by atoms with Crippen molar-refractivity contribution in [2.45, 2.75) is 57.4 Å². The van der Waals surface area contributed by atoms with Gasteiger partial charge in [0.2, 0.25) is 0 Å². The number of likely N-dealkylation sites (N-methyl/N-ethyl adjacent to an activating group) is 1. The maximum Gasteiger partial charge on any atom is 0.339 e. The number of esters is 1. The van der Waals surface area contributed by atoms with Gasteiger partial charge in [-0.25, -0.2) is 4.79 Å². The van der Waals surface area contributed by atoms with Gasteiger partial charge < -0.3 is 9.84 Å². The van der Waals surface area contributed by atoms with Crippen molar-refractivity contribution < 1.29 is 14.6 Å².